The number of nitrogens with zero attached hydrogens (tertiary/aromatic N) is 1. The summed E-state index contributed by atoms with van der Waals surface area (Å²) in [4.78, 5) is 11.8. The molecule has 0 unspecified atom stereocenters. The molecular formula is C17H16ClN3O. The predicted molar refractivity (Wildman–Crippen MR) is 87.6 cm³/mol. The van der Waals surface area contributed by atoms with E-state index in [1.54, 1.807) is 24.3 Å². The molecule has 0 aliphatic heterocycles. The van der Waals surface area contributed by atoms with E-state index in [0.29, 0.717) is 30.1 Å². The van der Waals surface area contributed by atoms with Crippen molar-refractivity contribution in [2.45, 2.75) is 13.0 Å². The highest BCUT2D eigenvalue weighted by atomic mass is 35.5. The standard InChI is InChI=1S/C17H16ClN3O/c18-16-7-2-1-5-14(16)12-21-17(22)8-9-20-15-6-3-4-13(10-15)11-19/h1-7,10,20H,8-9,12H2,(H,21,22). The van der Waals surface area contributed by atoms with Gasteiger partial charge in [0.25, 0.3) is 0 Å². The first-order valence-corrected chi connectivity index (χ1v) is 7.31. The Bertz CT molecular complexity index is 694. The summed E-state index contributed by atoms with van der Waals surface area (Å²) in [5, 5.41) is 15.4. The van der Waals surface area contributed by atoms with E-state index in [-0.39, 0.29) is 5.91 Å². The van der Waals surface area contributed by atoms with Gasteiger partial charge in [-0.1, -0.05) is 35.9 Å². The number of anilines is 1. The lowest BCUT2D eigenvalue weighted by Gasteiger charge is -2.08. The Morgan fingerprint density at radius 2 is 2.00 bits per heavy atom. The molecule has 0 atom stereocenters. The molecule has 0 aliphatic carbocycles. The fourth-order valence-corrected chi connectivity index (χ4v) is 2.15. The number of carbonyl (C=O) groups is 1. The number of hydrogen-bond donors (Lipinski definition) is 2. The highest BCUT2D eigenvalue weighted by Gasteiger charge is 2.03. The lowest BCUT2D eigenvalue weighted by atomic mass is 10.2. The fourth-order valence-electron chi connectivity index (χ4n) is 1.94. The van der Waals surface area contributed by atoms with Crippen molar-refractivity contribution >= 4 is 23.2 Å². The van der Waals surface area contributed by atoms with Gasteiger partial charge >= 0.3 is 0 Å². The Hall–Kier alpha value is -2.51. The highest BCUT2D eigenvalue weighted by molar-refractivity contribution is 6.31. The molecular weight excluding hydrogens is 298 g/mol. The van der Waals surface area contributed by atoms with Crippen molar-refractivity contribution in [1.82, 2.24) is 5.32 Å². The summed E-state index contributed by atoms with van der Waals surface area (Å²) >= 11 is 6.03. The minimum Gasteiger partial charge on any atom is -0.384 e. The number of nitriles is 1. The molecule has 0 radical (unpaired) electrons. The van der Waals surface area contributed by atoms with Crippen LogP contribution in [0.25, 0.3) is 0 Å². The van der Waals surface area contributed by atoms with Crippen LogP contribution < -0.4 is 10.6 Å². The third-order valence-electron chi connectivity index (χ3n) is 3.11. The number of rotatable bonds is 6. The number of amides is 1. The van der Waals surface area contributed by atoms with Crippen LogP contribution in [0.4, 0.5) is 5.69 Å². The van der Waals surface area contributed by atoms with Crippen LogP contribution in [-0.2, 0) is 11.3 Å². The minimum absolute atomic E-state index is 0.0520. The predicted octanol–water partition coefficient (Wildman–Crippen LogP) is 3.33. The van der Waals surface area contributed by atoms with Crippen molar-refractivity contribution in [1.29, 1.82) is 5.26 Å². The maximum Gasteiger partial charge on any atom is 0.222 e. The average molecular weight is 314 g/mol. The molecule has 0 bridgehead atoms. The molecule has 22 heavy (non-hydrogen) atoms. The maximum absolute atomic E-state index is 11.8. The zero-order valence-electron chi connectivity index (χ0n) is 12.0. The summed E-state index contributed by atoms with van der Waals surface area (Å²) in [6.07, 6.45) is 0.348. The molecule has 1 amide bonds. The van der Waals surface area contributed by atoms with E-state index in [1.165, 1.54) is 0 Å². The molecule has 4 nitrogen and oxygen atoms in total. The van der Waals surface area contributed by atoms with Gasteiger partial charge in [-0.05, 0) is 29.8 Å². The molecule has 112 valence electrons. The molecule has 0 heterocycles. The van der Waals surface area contributed by atoms with Gasteiger partial charge < -0.3 is 10.6 Å². The summed E-state index contributed by atoms with van der Waals surface area (Å²) in [5.41, 5.74) is 2.32. The molecule has 2 N–H and O–H groups in total. The first-order chi connectivity index (χ1) is 10.7. The Morgan fingerprint density at radius 3 is 2.77 bits per heavy atom. The van der Waals surface area contributed by atoms with Gasteiger partial charge in [0.2, 0.25) is 5.91 Å². The normalized spacial score (nSPS) is 9.82. The third kappa shape index (κ3) is 4.80. The van der Waals surface area contributed by atoms with E-state index < -0.39 is 0 Å². The molecule has 5 heteroatoms. The Balaban J connectivity index is 1.74. The van der Waals surface area contributed by atoms with E-state index in [9.17, 15) is 4.79 Å². The van der Waals surface area contributed by atoms with Crippen molar-refractivity contribution in [2.75, 3.05) is 11.9 Å². The quantitative estimate of drug-likeness (QED) is 0.859. The Morgan fingerprint density at radius 1 is 1.18 bits per heavy atom. The molecule has 0 spiro atoms. The number of nitrogens with one attached hydrogen (secondary N) is 2. The lowest BCUT2D eigenvalue weighted by molar-refractivity contribution is -0.121. The summed E-state index contributed by atoms with van der Waals surface area (Å²) in [6.45, 7) is 0.922. The van der Waals surface area contributed by atoms with Gasteiger partial charge in [-0.2, -0.15) is 5.26 Å². The summed E-state index contributed by atoms with van der Waals surface area (Å²) in [6, 6.07) is 16.7. The van der Waals surface area contributed by atoms with Crippen LogP contribution in [0, 0.1) is 11.3 Å². The van der Waals surface area contributed by atoms with Crippen LogP contribution in [-0.4, -0.2) is 12.5 Å². The summed E-state index contributed by atoms with van der Waals surface area (Å²) < 4.78 is 0. The van der Waals surface area contributed by atoms with Gasteiger partial charge in [0.05, 0.1) is 11.6 Å². The minimum atomic E-state index is -0.0520. The lowest BCUT2D eigenvalue weighted by Crippen LogP contribution is -2.25. The molecule has 2 aromatic rings. The first kappa shape index (κ1) is 15.9. The second-order valence-corrected chi connectivity index (χ2v) is 5.14. The summed E-state index contributed by atoms with van der Waals surface area (Å²) in [5.74, 6) is -0.0520. The van der Waals surface area contributed by atoms with Crippen molar-refractivity contribution in [3.8, 4) is 6.07 Å². The maximum atomic E-state index is 11.8. The molecule has 0 aromatic heterocycles. The number of carbonyl (C=O) groups excluding carboxylic acids is 1. The highest BCUT2D eigenvalue weighted by Crippen LogP contribution is 2.14. The van der Waals surface area contributed by atoms with Crippen LogP contribution in [0.15, 0.2) is 48.5 Å². The fraction of sp³-hybridized carbons (Fsp3) is 0.176. The van der Waals surface area contributed by atoms with E-state index in [2.05, 4.69) is 16.7 Å². The average Bonchev–Trinajstić information content (AvgIpc) is 2.54. The first-order valence-electron chi connectivity index (χ1n) is 6.93. The van der Waals surface area contributed by atoms with Crippen molar-refractivity contribution in [3.05, 3.63) is 64.7 Å². The molecule has 0 fully saturated rings. The zero-order valence-corrected chi connectivity index (χ0v) is 12.7. The van der Waals surface area contributed by atoms with Crippen molar-refractivity contribution < 1.29 is 4.79 Å². The van der Waals surface area contributed by atoms with Crippen LogP contribution >= 0.6 is 11.6 Å². The molecule has 2 rings (SSSR count). The van der Waals surface area contributed by atoms with Crippen molar-refractivity contribution in [2.24, 2.45) is 0 Å². The summed E-state index contributed by atoms with van der Waals surface area (Å²) in [7, 11) is 0. The van der Waals surface area contributed by atoms with E-state index in [0.717, 1.165) is 11.3 Å². The molecule has 0 aliphatic rings. The van der Waals surface area contributed by atoms with E-state index >= 15 is 0 Å². The second kappa shape index (κ2) is 8.06. The second-order valence-electron chi connectivity index (χ2n) is 4.74. The van der Waals surface area contributed by atoms with Gasteiger partial charge in [0, 0.05) is 30.2 Å². The van der Waals surface area contributed by atoms with Crippen molar-refractivity contribution in [3.63, 3.8) is 0 Å². The third-order valence-corrected chi connectivity index (χ3v) is 3.48. The number of benzene rings is 2. The molecule has 2 aromatic carbocycles. The topological polar surface area (TPSA) is 64.9 Å². The van der Waals surface area contributed by atoms with Gasteiger partial charge in [-0.3, -0.25) is 4.79 Å². The Labute approximate surface area is 134 Å². The zero-order chi connectivity index (χ0) is 15.8. The molecule has 0 saturated carbocycles. The van der Waals surface area contributed by atoms with Gasteiger partial charge in [0.1, 0.15) is 0 Å². The smallest absolute Gasteiger partial charge is 0.222 e. The Kier molecular flexibility index (Phi) is 5.81. The van der Waals surface area contributed by atoms with Crippen LogP contribution in [0.2, 0.25) is 5.02 Å². The van der Waals surface area contributed by atoms with Crippen LogP contribution in [0.5, 0.6) is 0 Å². The SMILES string of the molecule is N#Cc1cccc(NCCC(=O)NCc2ccccc2Cl)c1. The number of halogens is 1. The van der Waals surface area contributed by atoms with E-state index in [1.807, 2.05) is 24.3 Å². The van der Waals surface area contributed by atoms with Gasteiger partial charge in [-0.15, -0.1) is 0 Å². The number of hydrogen-bond acceptors (Lipinski definition) is 3. The monoisotopic (exact) mass is 313 g/mol. The van der Waals surface area contributed by atoms with Gasteiger partial charge in [-0.25, -0.2) is 0 Å². The van der Waals surface area contributed by atoms with Crippen LogP contribution in [0.3, 0.4) is 0 Å². The molecule has 0 saturated heterocycles. The van der Waals surface area contributed by atoms with Crippen LogP contribution in [0.1, 0.15) is 17.5 Å². The largest absolute Gasteiger partial charge is 0.384 e. The van der Waals surface area contributed by atoms with E-state index in [4.69, 9.17) is 16.9 Å². The van der Waals surface area contributed by atoms with Gasteiger partial charge in [0.15, 0.2) is 0 Å².